The Bertz CT molecular complexity index is 319. The molecule has 0 fully saturated rings. The molecule has 0 unspecified atom stereocenters. The first kappa shape index (κ1) is 10.6. The Labute approximate surface area is 83.5 Å². The summed E-state index contributed by atoms with van der Waals surface area (Å²) >= 11 is 0. The van der Waals surface area contributed by atoms with E-state index >= 15 is 0 Å². The number of amides is 1. The van der Waals surface area contributed by atoms with E-state index in [0.717, 1.165) is 11.4 Å². The van der Waals surface area contributed by atoms with Gasteiger partial charge in [-0.3, -0.25) is 9.48 Å². The first-order valence-corrected chi connectivity index (χ1v) is 4.58. The molecule has 5 heteroatoms. The van der Waals surface area contributed by atoms with Gasteiger partial charge in [-0.05, 0) is 6.92 Å². The van der Waals surface area contributed by atoms with Crippen LogP contribution in [-0.4, -0.2) is 29.3 Å². The topological polar surface area (TPSA) is 59.0 Å². The molecule has 0 aliphatic rings. The molecule has 0 aliphatic carbocycles. The molecule has 0 saturated carbocycles. The Morgan fingerprint density at radius 3 is 2.86 bits per heavy atom. The number of carbonyl (C=O) groups excluding carboxylic acids is 1. The second kappa shape index (κ2) is 4.64. The summed E-state index contributed by atoms with van der Waals surface area (Å²) in [5, 5.41) is 9.91. The summed E-state index contributed by atoms with van der Waals surface area (Å²) in [6.45, 7) is 2.56. The van der Waals surface area contributed by atoms with E-state index in [4.69, 9.17) is 0 Å². The van der Waals surface area contributed by atoms with Gasteiger partial charge in [0.15, 0.2) is 0 Å². The van der Waals surface area contributed by atoms with Gasteiger partial charge in [-0.25, -0.2) is 0 Å². The van der Waals surface area contributed by atoms with E-state index in [2.05, 4.69) is 15.7 Å². The number of nitrogens with one attached hydrogen (secondary N) is 2. The van der Waals surface area contributed by atoms with Gasteiger partial charge in [0.25, 0.3) is 0 Å². The summed E-state index contributed by atoms with van der Waals surface area (Å²) in [4.78, 5) is 10.9. The van der Waals surface area contributed by atoms with Crippen molar-refractivity contribution in [3.8, 4) is 0 Å². The third kappa shape index (κ3) is 2.76. The van der Waals surface area contributed by atoms with Crippen molar-refractivity contribution < 1.29 is 4.79 Å². The predicted octanol–water partition coefficient (Wildman–Crippen LogP) is 0.277. The van der Waals surface area contributed by atoms with Crippen LogP contribution in [0.5, 0.6) is 0 Å². The van der Waals surface area contributed by atoms with Crippen molar-refractivity contribution in [3.05, 3.63) is 11.9 Å². The van der Waals surface area contributed by atoms with E-state index in [1.165, 1.54) is 0 Å². The van der Waals surface area contributed by atoms with E-state index < -0.39 is 0 Å². The summed E-state index contributed by atoms with van der Waals surface area (Å²) < 4.78 is 1.75. The molecule has 0 atom stereocenters. The smallest absolute Gasteiger partial charge is 0.221 e. The van der Waals surface area contributed by atoms with Gasteiger partial charge in [0.05, 0.1) is 11.4 Å². The number of anilines is 1. The molecule has 0 aromatic carbocycles. The molecule has 2 N–H and O–H groups in total. The molecule has 0 saturated heterocycles. The second-order valence-electron chi connectivity index (χ2n) is 3.15. The number of aryl methyl sites for hydroxylation is 2. The molecule has 1 aromatic heterocycles. The Hall–Kier alpha value is -1.52. The summed E-state index contributed by atoms with van der Waals surface area (Å²) in [5.41, 5.74) is 1.93. The Balaban J connectivity index is 2.38. The fourth-order valence-corrected chi connectivity index (χ4v) is 1.21. The van der Waals surface area contributed by atoms with Crippen LogP contribution < -0.4 is 10.6 Å². The number of nitrogens with zero attached hydrogens (tertiary/aromatic N) is 2. The molecule has 1 amide bonds. The van der Waals surface area contributed by atoms with Crippen LogP contribution in [0, 0.1) is 6.92 Å². The average molecular weight is 196 g/mol. The lowest BCUT2D eigenvalue weighted by atomic mass is 10.3. The predicted molar refractivity (Wildman–Crippen MR) is 55.1 cm³/mol. The zero-order valence-electron chi connectivity index (χ0n) is 8.79. The number of hydrogen-bond donors (Lipinski definition) is 2. The molecule has 14 heavy (non-hydrogen) atoms. The SMILES string of the molecule is CNC(=O)CCNc1cn(C)nc1C. The van der Waals surface area contributed by atoms with Crippen LogP contribution in [0.2, 0.25) is 0 Å². The van der Waals surface area contributed by atoms with Gasteiger partial charge in [-0.15, -0.1) is 0 Å². The molecule has 5 nitrogen and oxygen atoms in total. The van der Waals surface area contributed by atoms with Crippen molar-refractivity contribution in [3.63, 3.8) is 0 Å². The van der Waals surface area contributed by atoms with Gasteiger partial charge in [-0.1, -0.05) is 0 Å². The molecule has 0 spiro atoms. The fraction of sp³-hybridized carbons (Fsp3) is 0.556. The van der Waals surface area contributed by atoms with Crippen molar-refractivity contribution in [2.45, 2.75) is 13.3 Å². The summed E-state index contributed by atoms with van der Waals surface area (Å²) in [7, 11) is 3.51. The van der Waals surface area contributed by atoms with Crippen LogP contribution in [0.3, 0.4) is 0 Å². The zero-order valence-corrected chi connectivity index (χ0v) is 8.79. The zero-order chi connectivity index (χ0) is 10.6. The van der Waals surface area contributed by atoms with Crippen molar-refractivity contribution in [2.75, 3.05) is 18.9 Å². The van der Waals surface area contributed by atoms with E-state index in [9.17, 15) is 4.79 Å². The molecule has 1 rings (SSSR count). The van der Waals surface area contributed by atoms with Crippen LogP contribution in [0.4, 0.5) is 5.69 Å². The molecule has 1 heterocycles. The quantitative estimate of drug-likeness (QED) is 0.727. The van der Waals surface area contributed by atoms with E-state index in [-0.39, 0.29) is 5.91 Å². The lowest BCUT2D eigenvalue weighted by molar-refractivity contribution is -0.120. The van der Waals surface area contributed by atoms with Crippen LogP contribution in [0.1, 0.15) is 12.1 Å². The van der Waals surface area contributed by atoms with Gasteiger partial charge in [-0.2, -0.15) is 5.10 Å². The Kier molecular flexibility index (Phi) is 3.50. The lowest BCUT2D eigenvalue weighted by Gasteiger charge is -2.03. The highest BCUT2D eigenvalue weighted by Gasteiger charge is 2.02. The van der Waals surface area contributed by atoms with Crippen molar-refractivity contribution in [2.24, 2.45) is 7.05 Å². The van der Waals surface area contributed by atoms with Crippen LogP contribution in [-0.2, 0) is 11.8 Å². The van der Waals surface area contributed by atoms with Gasteiger partial charge in [0.1, 0.15) is 0 Å². The molecule has 0 bridgehead atoms. The summed E-state index contributed by atoms with van der Waals surface area (Å²) in [5.74, 6) is 0.0408. The highest BCUT2D eigenvalue weighted by Crippen LogP contribution is 2.10. The minimum atomic E-state index is 0.0408. The Morgan fingerprint density at radius 2 is 2.36 bits per heavy atom. The first-order valence-electron chi connectivity index (χ1n) is 4.58. The third-order valence-corrected chi connectivity index (χ3v) is 1.96. The van der Waals surface area contributed by atoms with Gasteiger partial charge in [0.2, 0.25) is 5.91 Å². The van der Waals surface area contributed by atoms with Crippen LogP contribution in [0.15, 0.2) is 6.20 Å². The molecule has 1 aromatic rings. The van der Waals surface area contributed by atoms with Crippen LogP contribution in [0.25, 0.3) is 0 Å². The Morgan fingerprint density at radius 1 is 1.64 bits per heavy atom. The van der Waals surface area contributed by atoms with Crippen molar-refractivity contribution >= 4 is 11.6 Å². The highest BCUT2D eigenvalue weighted by atomic mass is 16.1. The minimum Gasteiger partial charge on any atom is -0.382 e. The third-order valence-electron chi connectivity index (χ3n) is 1.96. The summed E-state index contributed by atoms with van der Waals surface area (Å²) in [6, 6.07) is 0. The molecular formula is C9H16N4O. The minimum absolute atomic E-state index is 0.0408. The van der Waals surface area contributed by atoms with Crippen molar-refractivity contribution in [1.29, 1.82) is 0 Å². The van der Waals surface area contributed by atoms with Crippen LogP contribution >= 0.6 is 0 Å². The molecule has 0 aliphatic heterocycles. The maximum atomic E-state index is 10.9. The summed E-state index contributed by atoms with van der Waals surface area (Å²) in [6.07, 6.45) is 2.38. The lowest BCUT2D eigenvalue weighted by Crippen LogP contribution is -2.20. The van der Waals surface area contributed by atoms with E-state index in [1.807, 2.05) is 20.2 Å². The first-order chi connectivity index (χ1) is 6.63. The highest BCUT2D eigenvalue weighted by molar-refractivity contribution is 5.76. The largest absolute Gasteiger partial charge is 0.382 e. The fourth-order valence-electron chi connectivity index (χ4n) is 1.21. The van der Waals surface area contributed by atoms with Gasteiger partial charge < -0.3 is 10.6 Å². The average Bonchev–Trinajstić information content (AvgIpc) is 2.45. The number of rotatable bonds is 4. The standard InChI is InChI=1S/C9H16N4O/c1-7-8(6-13(3)12-7)11-5-4-9(14)10-2/h6,11H,4-5H2,1-3H3,(H,10,14). The van der Waals surface area contributed by atoms with Crippen molar-refractivity contribution in [1.82, 2.24) is 15.1 Å². The number of carbonyl (C=O) groups is 1. The number of aromatic nitrogens is 2. The number of hydrogen-bond acceptors (Lipinski definition) is 3. The van der Waals surface area contributed by atoms with E-state index in [1.54, 1.807) is 11.7 Å². The van der Waals surface area contributed by atoms with Gasteiger partial charge in [0, 0.05) is 33.3 Å². The molecular weight excluding hydrogens is 180 g/mol. The maximum Gasteiger partial charge on any atom is 0.221 e. The molecule has 78 valence electrons. The maximum absolute atomic E-state index is 10.9. The normalized spacial score (nSPS) is 9.93. The monoisotopic (exact) mass is 196 g/mol. The van der Waals surface area contributed by atoms with Gasteiger partial charge >= 0.3 is 0 Å². The van der Waals surface area contributed by atoms with E-state index in [0.29, 0.717) is 13.0 Å². The second-order valence-corrected chi connectivity index (χ2v) is 3.15. The molecule has 0 radical (unpaired) electrons.